The van der Waals surface area contributed by atoms with E-state index in [4.69, 9.17) is 0 Å². The molecule has 0 N–H and O–H groups in total. The first-order chi connectivity index (χ1) is 29.1. The lowest BCUT2D eigenvalue weighted by Gasteiger charge is -2.43. The van der Waals surface area contributed by atoms with Crippen LogP contribution in [-0.4, -0.2) is 46.6 Å². The largest absolute Gasteiger partial charge is 0.872 e. The summed E-state index contributed by atoms with van der Waals surface area (Å²) < 4.78 is 0. The second-order valence-corrected chi connectivity index (χ2v) is 14.2. The maximum atomic E-state index is 10.8. The minimum Gasteiger partial charge on any atom is -0.872 e. The highest BCUT2D eigenvalue weighted by molar-refractivity contribution is 6.53. The van der Waals surface area contributed by atoms with Crippen LogP contribution in [-0.2, 0) is 33.6 Å². The molecule has 0 saturated carbocycles. The Kier molecular flexibility index (Phi) is 17.5. The quantitative estimate of drug-likeness (QED) is 0.162. The number of Topliss-reactive ketones (excluding diaryl/α,β-unsaturated/α-hetero) is 7. The molecule has 0 heterocycles. The Bertz CT molecular complexity index is 2300. The zero-order valence-corrected chi connectivity index (χ0v) is 36.3. The van der Waals surface area contributed by atoms with Crippen molar-refractivity contribution in [2.45, 2.75) is 75.3 Å². The zero-order valence-electron chi connectivity index (χ0n) is 36.3. The standard InChI is InChI=1S/2C7H8O3.2C7H6O3.C6H8O2.C6H7O2.C6H6O2/c4*1-3-5(8)4(2)7(10)6(3)9;3*1-3-5(7)4(2)6(3)8/h2*8H,1-2H3,(H,9,10);2*8H,1H2,2H3;7-8H,1-2H3;5,8H,1H2,2H3;7H,1H2,2H3/q;;;;;-1;/p-10. The number of carbonyl (C=O) groups excluding carboxylic acids is 7. The molecule has 0 aromatic heterocycles. The summed E-state index contributed by atoms with van der Waals surface area (Å²) in [6, 6.07) is 0. The number of carbonyl (C=O) groups is 7. The maximum absolute atomic E-state index is 10.8. The summed E-state index contributed by atoms with van der Waals surface area (Å²) in [5.74, 6) is -8.07. The second-order valence-electron chi connectivity index (χ2n) is 14.2. The smallest absolute Gasteiger partial charge is 0.231 e. The van der Waals surface area contributed by atoms with Gasteiger partial charge in [0.25, 0.3) is 0 Å². The van der Waals surface area contributed by atoms with Crippen LogP contribution in [0.25, 0.3) is 0 Å². The van der Waals surface area contributed by atoms with Crippen molar-refractivity contribution in [2.75, 3.05) is 0 Å². The predicted molar refractivity (Wildman–Crippen MR) is 202 cm³/mol. The lowest BCUT2D eigenvalue weighted by Crippen LogP contribution is -2.41. The first-order valence-corrected chi connectivity index (χ1v) is 18.2. The van der Waals surface area contributed by atoms with Crippen molar-refractivity contribution in [3.63, 3.8) is 0 Å². The zero-order chi connectivity index (χ0) is 50.5. The molecule has 7 rings (SSSR count). The molecule has 0 aromatic rings. The van der Waals surface area contributed by atoms with Gasteiger partial charge < -0.3 is 56.2 Å². The summed E-state index contributed by atoms with van der Waals surface area (Å²) in [6.45, 7) is 27.2. The van der Waals surface area contributed by atoms with Gasteiger partial charge in [-0.3, -0.25) is 33.6 Å². The van der Waals surface area contributed by atoms with Crippen LogP contribution in [0.1, 0.15) is 69.2 Å². The summed E-state index contributed by atoms with van der Waals surface area (Å²) in [6.07, 6.45) is -0.900. The highest BCUT2D eigenvalue weighted by Gasteiger charge is 2.27. The van der Waals surface area contributed by atoms with Crippen LogP contribution in [0.4, 0.5) is 0 Å². The molecule has 64 heavy (non-hydrogen) atoms. The summed E-state index contributed by atoms with van der Waals surface area (Å²) in [4.78, 5) is 74.4. The van der Waals surface area contributed by atoms with Crippen molar-refractivity contribution in [3.8, 4) is 0 Å². The van der Waals surface area contributed by atoms with E-state index < -0.39 is 75.4 Å². The second kappa shape index (κ2) is 20.7. The lowest BCUT2D eigenvalue weighted by atomic mass is 9.89. The third-order valence-corrected chi connectivity index (χ3v) is 9.96. The van der Waals surface area contributed by atoms with E-state index in [0.29, 0.717) is 22.3 Å². The normalized spacial score (nSPS) is 20.3. The van der Waals surface area contributed by atoms with Crippen LogP contribution >= 0.6 is 0 Å². The van der Waals surface area contributed by atoms with Gasteiger partial charge in [-0.25, -0.2) is 0 Å². The van der Waals surface area contributed by atoms with E-state index in [1.807, 2.05) is 0 Å². The molecule has 7 aliphatic carbocycles. The van der Waals surface area contributed by atoms with E-state index in [1.165, 1.54) is 48.5 Å². The fourth-order valence-corrected chi connectivity index (χ4v) is 5.11. The van der Waals surface area contributed by atoms with Gasteiger partial charge in [-0.15, -0.1) is 17.3 Å². The molecule has 7 aliphatic rings. The molecular weight excluding hydrogens is 840 g/mol. The number of hydrogen-bond acceptors (Lipinski definition) is 18. The van der Waals surface area contributed by atoms with Gasteiger partial charge in [-0.05, 0) is 97.1 Å². The van der Waals surface area contributed by atoms with Crippen molar-refractivity contribution in [1.82, 2.24) is 0 Å². The Morgan fingerprint density at radius 1 is 0.281 bits per heavy atom. The topological polar surface area (TPSA) is 373 Å². The van der Waals surface area contributed by atoms with Crippen LogP contribution in [0.15, 0.2) is 162 Å². The van der Waals surface area contributed by atoms with Gasteiger partial charge in [-0.2, -0.15) is 0 Å². The Hall–Kier alpha value is -7.99. The predicted octanol–water partition coefficient (Wildman–Crippen LogP) is -5.72. The van der Waals surface area contributed by atoms with Crippen molar-refractivity contribution < 1.29 is 89.7 Å². The van der Waals surface area contributed by atoms with Gasteiger partial charge in [0.1, 0.15) is 0 Å². The highest BCUT2D eigenvalue weighted by atomic mass is 16.3. The van der Waals surface area contributed by atoms with E-state index in [1.54, 1.807) is 20.8 Å². The molecule has 0 fully saturated rings. The van der Waals surface area contributed by atoms with E-state index >= 15 is 0 Å². The molecule has 0 amide bonds. The van der Waals surface area contributed by atoms with Crippen molar-refractivity contribution in [2.24, 2.45) is 0 Å². The summed E-state index contributed by atoms with van der Waals surface area (Å²) in [5, 5.41) is 117. The third-order valence-electron chi connectivity index (χ3n) is 9.96. The molecule has 0 radical (unpaired) electrons. The minimum atomic E-state index is -0.900. The van der Waals surface area contributed by atoms with Gasteiger partial charge in [-0.1, -0.05) is 106 Å². The minimum absolute atomic E-state index is 0.0185. The van der Waals surface area contributed by atoms with Crippen LogP contribution in [0.5, 0.6) is 0 Å². The average Bonchev–Trinajstić information content (AvgIpc) is 3.74. The maximum Gasteiger partial charge on any atom is 0.231 e. The monoisotopic (exact) mass is 879 g/mol. The SMILES string of the molecule is C=C1C(=O)C(=O)C(C)=C1[O-].C=C1C(=O)C(=O)C(C)=C1[O-].C=C1C(=O)C(C)=C1[O-].C=C1C([O-])=C(C)C1[O-].CC1=C([O-])C(=O)C(C)=C1[O-].CC1=C([O-])C(=O)C(C)=C1[O-].CC1=C([O-])C(C)=C1[O-]. The van der Waals surface area contributed by atoms with E-state index in [-0.39, 0.29) is 84.6 Å². The van der Waals surface area contributed by atoms with E-state index in [9.17, 15) is 89.7 Å². The van der Waals surface area contributed by atoms with E-state index in [2.05, 4.69) is 26.3 Å². The Labute approximate surface area is 366 Å². The lowest BCUT2D eigenvalue weighted by molar-refractivity contribution is -0.414. The van der Waals surface area contributed by atoms with Gasteiger partial charge in [0.05, 0.1) is 0 Å². The first kappa shape index (κ1) is 54.0. The van der Waals surface area contributed by atoms with Crippen molar-refractivity contribution in [1.29, 1.82) is 0 Å². The molecular formula is C46H39O18-11. The summed E-state index contributed by atoms with van der Waals surface area (Å²) >= 11 is 0. The summed E-state index contributed by atoms with van der Waals surface area (Å²) in [7, 11) is 0. The molecule has 0 bridgehead atoms. The molecule has 0 saturated heterocycles. The Morgan fingerprint density at radius 3 is 0.578 bits per heavy atom. The average molecular weight is 880 g/mol. The van der Waals surface area contributed by atoms with Gasteiger partial charge >= 0.3 is 0 Å². The van der Waals surface area contributed by atoms with Crippen LogP contribution < -0.4 is 56.2 Å². The molecule has 0 spiro atoms. The fourth-order valence-electron chi connectivity index (χ4n) is 5.11. The van der Waals surface area contributed by atoms with Crippen LogP contribution in [0, 0.1) is 0 Å². The van der Waals surface area contributed by atoms with Crippen LogP contribution in [0.3, 0.4) is 0 Å². The van der Waals surface area contributed by atoms with Crippen molar-refractivity contribution in [3.05, 3.63) is 162 Å². The molecule has 18 heteroatoms. The molecule has 0 aromatic carbocycles. The number of hydrogen-bond donors (Lipinski definition) is 0. The summed E-state index contributed by atoms with van der Waals surface area (Å²) in [5.41, 5.74) is 1.53. The Balaban J connectivity index is 0.000000374. The molecule has 18 nitrogen and oxygen atoms in total. The van der Waals surface area contributed by atoms with Crippen molar-refractivity contribution >= 4 is 40.5 Å². The number of allylic oxidation sites excluding steroid dienone is 12. The Morgan fingerprint density at radius 2 is 0.500 bits per heavy atom. The fraction of sp³-hybridized carbons (Fsp3) is 0.239. The van der Waals surface area contributed by atoms with E-state index in [0.717, 1.165) is 0 Å². The van der Waals surface area contributed by atoms with Crippen LogP contribution in [0.2, 0.25) is 0 Å². The highest BCUT2D eigenvalue weighted by Crippen LogP contribution is 2.27. The van der Waals surface area contributed by atoms with Gasteiger partial charge in [0, 0.05) is 16.7 Å². The number of rotatable bonds is 0. The van der Waals surface area contributed by atoms with Gasteiger partial charge in [0.2, 0.25) is 23.1 Å². The first-order valence-electron chi connectivity index (χ1n) is 18.2. The number of ketones is 7. The molecule has 1 unspecified atom stereocenters. The molecule has 342 valence electrons. The molecule has 1 atom stereocenters. The van der Waals surface area contributed by atoms with Gasteiger partial charge in [0.15, 0.2) is 17.3 Å². The molecule has 0 aliphatic heterocycles. The third kappa shape index (κ3) is 10.5.